The summed E-state index contributed by atoms with van der Waals surface area (Å²) in [5.74, 6) is 0.170. The van der Waals surface area contributed by atoms with Crippen LogP contribution in [0.5, 0.6) is 5.75 Å². The topological polar surface area (TPSA) is 55.8 Å². The van der Waals surface area contributed by atoms with Gasteiger partial charge in [-0.3, -0.25) is 4.79 Å². The lowest BCUT2D eigenvalue weighted by atomic mass is 9.99. The van der Waals surface area contributed by atoms with Crippen LogP contribution in [0.25, 0.3) is 22.4 Å². The third-order valence-electron chi connectivity index (χ3n) is 5.23. The Labute approximate surface area is 175 Å². The van der Waals surface area contributed by atoms with Gasteiger partial charge in [0.15, 0.2) is 6.10 Å². The number of amides is 1. The minimum absolute atomic E-state index is 0.0310. The van der Waals surface area contributed by atoms with Crippen LogP contribution >= 0.6 is 0 Å². The number of carbonyl (C=O) groups is 2. The normalized spacial score (nSPS) is 15.4. The number of rotatable bonds is 5. The molecule has 0 bridgehead atoms. The van der Waals surface area contributed by atoms with E-state index < -0.39 is 12.1 Å². The summed E-state index contributed by atoms with van der Waals surface area (Å²) in [5, 5.41) is 1.81. The SMILES string of the molecule is CCOC(=O)C(C)Oc1ccc(C=C2C(=O)N(C)c3ccccc32)c2ccccc12. The summed E-state index contributed by atoms with van der Waals surface area (Å²) in [6.07, 6.45) is 1.21. The van der Waals surface area contributed by atoms with Crippen molar-refractivity contribution < 1.29 is 19.1 Å². The van der Waals surface area contributed by atoms with Gasteiger partial charge >= 0.3 is 5.97 Å². The van der Waals surface area contributed by atoms with Gasteiger partial charge in [-0.1, -0.05) is 48.5 Å². The Bertz CT molecular complexity index is 1160. The number of fused-ring (bicyclic) bond motifs is 2. The Balaban J connectivity index is 1.77. The molecule has 1 amide bonds. The molecule has 4 rings (SSSR count). The molecule has 152 valence electrons. The van der Waals surface area contributed by atoms with Gasteiger partial charge in [0, 0.05) is 23.6 Å². The zero-order valence-corrected chi connectivity index (χ0v) is 17.2. The molecule has 0 saturated carbocycles. The molecule has 3 aromatic carbocycles. The zero-order chi connectivity index (χ0) is 21.3. The van der Waals surface area contributed by atoms with Gasteiger partial charge in [0.25, 0.3) is 5.91 Å². The van der Waals surface area contributed by atoms with Crippen molar-refractivity contribution in [2.45, 2.75) is 20.0 Å². The van der Waals surface area contributed by atoms with Gasteiger partial charge in [-0.25, -0.2) is 4.79 Å². The summed E-state index contributed by atoms with van der Waals surface area (Å²) in [6, 6.07) is 19.3. The quantitative estimate of drug-likeness (QED) is 0.460. The van der Waals surface area contributed by atoms with E-state index in [1.54, 1.807) is 25.8 Å². The second kappa shape index (κ2) is 8.03. The largest absolute Gasteiger partial charge is 0.478 e. The predicted molar refractivity (Wildman–Crippen MR) is 118 cm³/mol. The molecule has 0 saturated heterocycles. The molecule has 1 unspecified atom stereocenters. The van der Waals surface area contributed by atoms with Crippen molar-refractivity contribution in [2.75, 3.05) is 18.6 Å². The molecule has 30 heavy (non-hydrogen) atoms. The lowest BCUT2D eigenvalue weighted by Gasteiger charge is -2.16. The number of anilines is 1. The Morgan fingerprint density at radius 1 is 1.03 bits per heavy atom. The Hall–Kier alpha value is -3.60. The summed E-state index contributed by atoms with van der Waals surface area (Å²) >= 11 is 0. The Kier molecular flexibility index (Phi) is 5.27. The number of benzene rings is 3. The van der Waals surface area contributed by atoms with Gasteiger partial charge in [0.05, 0.1) is 12.3 Å². The van der Waals surface area contributed by atoms with Gasteiger partial charge in [0.2, 0.25) is 0 Å². The first-order valence-electron chi connectivity index (χ1n) is 9.95. The maximum atomic E-state index is 12.8. The first kappa shape index (κ1) is 19.7. The summed E-state index contributed by atoms with van der Waals surface area (Å²) < 4.78 is 10.9. The van der Waals surface area contributed by atoms with E-state index in [9.17, 15) is 9.59 Å². The molecule has 1 aliphatic heterocycles. The maximum Gasteiger partial charge on any atom is 0.347 e. The van der Waals surface area contributed by atoms with Crippen LogP contribution in [0.3, 0.4) is 0 Å². The third kappa shape index (κ3) is 3.43. The number of likely N-dealkylation sites (N-methyl/N-ethyl adjacent to an activating group) is 1. The molecule has 0 spiro atoms. The molecule has 1 aliphatic rings. The fourth-order valence-corrected chi connectivity index (χ4v) is 3.72. The third-order valence-corrected chi connectivity index (χ3v) is 5.23. The molecule has 0 N–H and O–H groups in total. The summed E-state index contributed by atoms with van der Waals surface area (Å²) in [5.41, 5.74) is 3.40. The number of hydrogen-bond acceptors (Lipinski definition) is 4. The fraction of sp³-hybridized carbons (Fsp3) is 0.200. The van der Waals surface area contributed by atoms with E-state index >= 15 is 0 Å². The molecular weight excluding hydrogens is 378 g/mol. The lowest BCUT2D eigenvalue weighted by molar-refractivity contribution is -0.150. The van der Waals surface area contributed by atoms with Gasteiger partial charge in [0.1, 0.15) is 5.75 Å². The molecule has 3 aromatic rings. The van der Waals surface area contributed by atoms with Crippen LogP contribution in [0.1, 0.15) is 25.0 Å². The predicted octanol–water partition coefficient (Wildman–Crippen LogP) is 4.69. The van der Waals surface area contributed by atoms with E-state index in [0.717, 1.165) is 27.6 Å². The number of nitrogens with zero attached hydrogens (tertiary/aromatic N) is 1. The highest BCUT2D eigenvalue weighted by atomic mass is 16.6. The van der Waals surface area contributed by atoms with E-state index in [4.69, 9.17) is 9.47 Å². The van der Waals surface area contributed by atoms with Crippen molar-refractivity contribution in [3.8, 4) is 5.75 Å². The fourth-order valence-electron chi connectivity index (χ4n) is 3.72. The van der Waals surface area contributed by atoms with Gasteiger partial charge < -0.3 is 14.4 Å². The molecule has 1 heterocycles. The Morgan fingerprint density at radius 2 is 1.73 bits per heavy atom. The van der Waals surface area contributed by atoms with Crippen LogP contribution in [0.15, 0.2) is 60.7 Å². The minimum atomic E-state index is -0.713. The number of esters is 1. The van der Waals surface area contributed by atoms with Crippen molar-refractivity contribution >= 4 is 40.0 Å². The van der Waals surface area contributed by atoms with E-state index in [1.807, 2.05) is 66.7 Å². The monoisotopic (exact) mass is 401 g/mol. The van der Waals surface area contributed by atoms with Crippen molar-refractivity contribution in [1.29, 1.82) is 0 Å². The van der Waals surface area contributed by atoms with Crippen LogP contribution < -0.4 is 9.64 Å². The highest BCUT2D eigenvalue weighted by Gasteiger charge is 2.29. The van der Waals surface area contributed by atoms with Gasteiger partial charge in [-0.05, 0) is 43.0 Å². The van der Waals surface area contributed by atoms with E-state index in [1.165, 1.54) is 0 Å². The molecule has 0 aromatic heterocycles. The molecule has 1 atom stereocenters. The minimum Gasteiger partial charge on any atom is -0.478 e. The molecule has 0 radical (unpaired) electrons. The van der Waals surface area contributed by atoms with Crippen LogP contribution in [-0.4, -0.2) is 31.6 Å². The average molecular weight is 401 g/mol. The van der Waals surface area contributed by atoms with Crippen LogP contribution in [-0.2, 0) is 14.3 Å². The van der Waals surface area contributed by atoms with Crippen molar-refractivity contribution in [3.05, 3.63) is 71.8 Å². The highest BCUT2D eigenvalue weighted by molar-refractivity contribution is 6.36. The number of ether oxygens (including phenoxy) is 2. The average Bonchev–Trinajstić information content (AvgIpc) is 3.00. The summed E-state index contributed by atoms with van der Waals surface area (Å²) in [6.45, 7) is 3.75. The lowest BCUT2D eigenvalue weighted by Crippen LogP contribution is -2.26. The van der Waals surface area contributed by atoms with Crippen LogP contribution in [0.2, 0.25) is 0 Å². The molecule has 5 heteroatoms. The first-order chi connectivity index (χ1) is 14.5. The number of para-hydroxylation sites is 1. The van der Waals surface area contributed by atoms with Gasteiger partial charge in [-0.15, -0.1) is 0 Å². The van der Waals surface area contributed by atoms with E-state index in [2.05, 4.69) is 0 Å². The smallest absolute Gasteiger partial charge is 0.347 e. The van der Waals surface area contributed by atoms with Crippen molar-refractivity contribution in [2.24, 2.45) is 0 Å². The Morgan fingerprint density at radius 3 is 2.50 bits per heavy atom. The molecule has 5 nitrogen and oxygen atoms in total. The second-order valence-corrected chi connectivity index (χ2v) is 7.15. The van der Waals surface area contributed by atoms with Crippen LogP contribution in [0, 0.1) is 0 Å². The van der Waals surface area contributed by atoms with Crippen molar-refractivity contribution in [1.82, 2.24) is 0 Å². The summed E-state index contributed by atoms with van der Waals surface area (Å²) in [7, 11) is 1.79. The van der Waals surface area contributed by atoms with E-state index in [0.29, 0.717) is 17.9 Å². The molecular formula is C25H23NO4. The number of hydrogen-bond donors (Lipinski definition) is 0. The van der Waals surface area contributed by atoms with Crippen molar-refractivity contribution in [3.63, 3.8) is 0 Å². The van der Waals surface area contributed by atoms with Gasteiger partial charge in [-0.2, -0.15) is 0 Å². The first-order valence-corrected chi connectivity index (χ1v) is 9.95. The maximum absolute atomic E-state index is 12.8. The van der Waals surface area contributed by atoms with Crippen LogP contribution in [0.4, 0.5) is 5.69 Å². The second-order valence-electron chi connectivity index (χ2n) is 7.15. The number of carbonyl (C=O) groups excluding carboxylic acids is 2. The zero-order valence-electron chi connectivity index (χ0n) is 17.2. The molecule has 0 aliphatic carbocycles. The standard InChI is InChI=1S/C25H23NO4/c1-4-29-25(28)16(2)30-23-14-13-17(18-9-5-6-11-20(18)23)15-21-19-10-7-8-12-22(19)26(3)24(21)27/h5-16H,4H2,1-3H3. The molecule has 0 fully saturated rings. The highest BCUT2D eigenvalue weighted by Crippen LogP contribution is 2.38. The van der Waals surface area contributed by atoms with E-state index in [-0.39, 0.29) is 5.91 Å². The summed E-state index contributed by atoms with van der Waals surface area (Å²) in [4.78, 5) is 26.5.